The second kappa shape index (κ2) is 15.0. The van der Waals surface area contributed by atoms with Gasteiger partial charge in [0.25, 0.3) is 0 Å². The standard InChI is InChI=1S/C32H43ClFN3O5S/c1-4-21(5-2)31(22-11-13-23(33)14-12-22)27(18-30(38)42-3)32(39)36-29-10-6-9-28(34)26(29)16-15-25-19-35-24-8-7-17-43(40,41)37(25)20-24/h6,9-14,21,24-25,27,31,35H,4-5,7-8,15-20H2,1-3H3,(H,36,39)/t24?,25?,27-,31+/m0/s1. The number of nitrogens with zero attached hydrogens (tertiary/aromatic N) is 1. The van der Waals surface area contributed by atoms with E-state index in [1.54, 1.807) is 22.5 Å². The van der Waals surface area contributed by atoms with Gasteiger partial charge in [-0.1, -0.05) is 56.5 Å². The molecule has 2 heterocycles. The summed E-state index contributed by atoms with van der Waals surface area (Å²) >= 11 is 6.16. The minimum Gasteiger partial charge on any atom is -0.469 e. The van der Waals surface area contributed by atoms with Gasteiger partial charge in [0.2, 0.25) is 15.9 Å². The molecule has 5 atom stereocenters. The molecule has 0 saturated carbocycles. The number of esters is 1. The molecule has 2 N–H and O–H groups in total. The number of sulfonamides is 1. The van der Waals surface area contributed by atoms with Crippen LogP contribution in [0.4, 0.5) is 10.1 Å². The summed E-state index contributed by atoms with van der Waals surface area (Å²) < 4.78 is 47.7. The maximum atomic E-state index is 15.3. The average molecular weight is 636 g/mol. The highest BCUT2D eigenvalue weighted by Crippen LogP contribution is 2.39. The number of nitrogens with one attached hydrogen (secondary N) is 2. The zero-order chi connectivity index (χ0) is 31.1. The van der Waals surface area contributed by atoms with Crippen molar-refractivity contribution in [2.24, 2.45) is 11.8 Å². The lowest BCUT2D eigenvalue weighted by molar-refractivity contribution is -0.144. The molecule has 2 aliphatic heterocycles. The minimum absolute atomic E-state index is 0.0896. The lowest BCUT2D eigenvalue weighted by Gasteiger charge is -2.37. The molecule has 1 amide bonds. The van der Waals surface area contributed by atoms with Crippen LogP contribution < -0.4 is 10.6 Å². The quantitative estimate of drug-likeness (QED) is 0.298. The SMILES string of the molecule is CCC(CC)[C@H](c1ccc(Cl)cc1)[C@H](CC(=O)OC)C(=O)Nc1cccc(F)c1CCC1CNC2CCCS(=O)(=O)N1C2. The highest BCUT2D eigenvalue weighted by molar-refractivity contribution is 7.89. The molecule has 0 radical (unpaired) electrons. The van der Waals surface area contributed by atoms with E-state index in [2.05, 4.69) is 24.5 Å². The predicted octanol–water partition coefficient (Wildman–Crippen LogP) is 5.52. The summed E-state index contributed by atoms with van der Waals surface area (Å²) in [6, 6.07) is 11.7. The van der Waals surface area contributed by atoms with Crippen molar-refractivity contribution < 1.29 is 27.1 Å². The number of methoxy groups -OCH3 is 1. The fourth-order valence-corrected chi connectivity index (χ4v) is 8.60. The molecule has 0 aromatic heterocycles. The number of benzene rings is 2. The summed E-state index contributed by atoms with van der Waals surface area (Å²) in [5, 5.41) is 6.96. The molecular weight excluding hydrogens is 593 g/mol. The molecule has 43 heavy (non-hydrogen) atoms. The van der Waals surface area contributed by atoms with Crippen LogP contribution in [-0.2, 0) is 30.8 Å². The van der Waals surface area contributed by atoms with Crippen LogP contribution in [0.2, 0.25) is 5.02 Å². The van der Waals surface area contributed by atoms with E-state index in [9.17, 15) is 18.0 Å². The van der Waals surface area contributed by atoms with E-state index in [1.807, 2.05) is 12.1 Å². The number of carbonyl (C=O) groups excluding carboxylic acids is 2. The summed E-state index contributed by atoms with van der Waals surface area (Å²) in [6.45, 7) is 5.04. The van der Waals surface area contributed by atoms with Gasteiger partial charge in [0, 0.05) is 41.4 Å². The maximum absolute atomic E-state index is 15.3. The summed E-state index contributed by atoms with van der Waals surface area (Å²) in [5.74, 6) is -2.26. The summed E-state index contributed by atoms with van der Waals surface area (Å²) in [7, 11) is -2.09. The van der Waals surface area contributed by atoms with Gasteiger partial charge in [-0.15, -0.1) is 0 Å². The lowest BCUT2D eigenvalue weighted by Crippen LogP contribution is -2.57. The van der Waals surface area contributed by atoms with Crippen molar-refractivity contribution in [1.29, 1.82) is 0 Å². The number of hydrogen-bond acceptors (Lipinski definition) is 6. The Hall–Kier alpha value is -2.53. The normalized spacial score (nSPS) is 22.8. The van der Waals surface area contributed by atoms with E-state index in [-0.39, 0.29) is 42.5 Å². The summed E-state index contributed by atoms with van der Waals surface area (Å²) in [6.07, 6.45) is 3.50. The van der Waals surface area contributed by atoms with Crippen molar-refractivity contribution in [2.75, 3.05) is 31.3 Å². The smallest absolute Gasteiger partial charge is 0.306 e. The molecule has 11 heteroatoms. The number of piperazine rings is 1. The zero-order valence-electron chi connectivity index (χ0n) is 25.2. The number of halogens is 2. The minimum atomic E-state index is -3.38. The molecule has 2 aromatic rings. The Bertz CT molecular complexity index is 1370. The van der Waals surface area contributed by atoms with Crippen LogP contribution in [0, 0.1) is 17.7 Å². The van der Waals surface area contributed by atoms with E-state index in [0.717, 1.165) is 24.8 Å². The van der Waals surface area contributed by atoms with Crippen molar-refractivity contribution in [3.8, 4) is 0 Å². The number of anilines is 1. The van der Waals surface area contributed by atoms with Crippen LogP contribution in [0.25, 0.3) is 0 Å². The molecule has 236 valence electrons. The lowest BCUT2D eigenvalue weighted by atomic mass is 9.73. The van der Waals surface area contributed by atoms with Crippen LogP contribution in [0.3, 0.4) is 0 Å². The van der Waals surface area contributed by atoms with Crippen LogP contribution in [0.5, 0.6) is 0 Å². The van der Waals surface area contributed by atoms with Crippen LogP contribution >= 0.6 is 11.6 Å². The number of fused-ring (bicyclic) bond motifs is 2. The summed E-state index contributed by atoms with van der Waals surface area (Å²) in [4.78, 5) is 26.6. The first-order chi connectivity index (χ1) is 20.6. The molecule has 0 aliphatic carbocycles. The van der Waals surface area contributed by atoms with Crippen molar-refractivity contribution in [1.82, 2.24) is 9.62 Å². The van der Waals surface area contributed by atoms with Gasteiger partial charge in [0.15, 0.2) is 0 Å². The molecule has 2 aromatic carbocycles. The predicted molar refractivity (Wildman–Crippen MR) is 167 cm³/mol. The van der Waals surface area contributed by atoms with Crippen molar-refractivity contribution in [3.63, 3.8) is 0 Å². The van der Waals surface area contributed by atoms with Gasteiger partial charge in [-0.25, -0.2) is 12.8 Å². The van der Waals surface area contributed by atoms with Crippen LogP contribution in [0.1, 0.15) is 69.4 Å². The molecule has 0 spiro atoms. The van der Waals surface area contributed by atoms with Crippen LogP contribution in [-0.4, -0.2) is 62.6 Å². The molecule has 8 nitrogen and oxygen atoms in total. The molecule has 2 aliphatic rings. The average Bonchev–Trinajstić information content (AvgIpc) is 3.10. The molecular formula is C32H43ClFN3O5S. The number of carbonyl (C=O) groups is 2. The Kier molecular flexibility index (Phi) is 11.6. The molecule has 2 bridgehead atoms. The van der Waals surface area contributed by atoms with E-state index in [4.69, 9.17) is 16.3 Å². The first-order valence-electron chi connectivity index (χ1n) is 15.2. The number of ether oxygens (including phenoxy) is 1. The van der Waals surface area contributed by atoms with E-state index in [1.165, 1.54) is 19.2 Å². The van der Waals surface area contributed by atoms with Gasteiger partial charge >= 0.3 is 5.97 Å². The van der Waals surface area contributed by atoms with E-state index >= 15 is 4.39 Å². The third-order valence-electron chi connectivity index (χ3n) is 9.06. The third-order valence-corrected chi connectivity index (χ3v) is 11.3. The number of hydrogen-bond donors (Lipinski definition) is 2. The fraction of sp³-hybridized carbons (Fsp3) is 0.562. The third kappa shape index (κ3) is 8.15. The topological polar surface area (TPSA) is 105 Å². The second-order valence-corrected chi connectivity index (χ2v) is 14.1. The van der Waals surface area contributed by atoms with Crippen molar-refractivity contribution in [3.05, 3.63) is 64.4 Å². The van der Waals surface area contributed by atoms with Crippen LogP contribution in [0.15, 0.2) is 42.5 Å². The Morgan fingerprint density at radius 2 is 1.88 bits per heavy atom. The number of amides is 1. The van der Waals surface area contributed by atoms with E-state index in [0.29, 0.717) is 42.2 Å². The van der Waals surface area contributed by atoms with Gasteiger partial charge < -0.3 is 15.4 Å². The molecule has 2 saturated heterocycles. The monoisotopic (exact) mass is 635 g/mol. The first-order valence-corrected chi connectivity index (χ1v) is 17.2. The Morgan fingerprint density at radius 3 is 2.56 bits per heavy atom. The van der Waals surface area contributed by atoms with Crippen molar-refractivity contribution in [2.45, 2.75) is 76.8 Å². The Balaban J connectivity index is 1.61. The number of rotatable bonds is 12. The van der Waals surface area contributed by atoms with Gasteiger partial charge in [-0.05, 0) is 67.3 Å². The zero-order valence-corrected chi connectivity index (χ0v) is 26.7. The largest absolute Gasteiger partial charge is 0.469 e. The molecule has 3 unspecified atom stereocenters. The Labute approximate surface area is 259 Å². The van der Waals surface area contributed by atoms with Gasteiger partial charge in [-0.3, -0.25) is 9.59 Å². The molecule has 4 rings (SSSR count). The van der Waals surface area contributed by atoms with E-state index < -0.39 is 33.6 Å². The van der Waals surface area contributed by atoms with Crippen molar-refractivity contribution >= 4 is 39.2 Å². The highest BCUT2D eigenvalue weighted by atomic mass is 35.5. The maximum Gasteiger partial charge on any atom is 0.306 e. The van der Waals surface area contributed by atoms with Gasteiger partial charge in [-0.2, -0.15) is 4.31 Å². The summed E-state index contributed by atoms with van der Waals surface area (Å²) in [5.41, 5.74) is 1.52. The Morgan fingerprint density at radius 1 is 1.16 bits per heavy atom. The van der Waals surface area contributed by atoms with Gasteiger partial charge in [0.05, 0.1) is 25.2 Å². The first kappa shape index (κ1) is 33.4. The second-order valence-electron chi connectivity index (χ2n) is 11.6. The molecule has 2 fully saturated rings. The van der Waals surface area contributed by atoms with Gasteiger partial charge in [0.1, 0.15) is 5.82 Å². The highest BCUT2D eigenvalue weighted by Gasteiger charge is 2.39. The fourth-order valence-electron chi connectivity index (χ4n) is 6.67.